The van der Waals surface area contributed by atoms with E-state index in [1.54, 1.807) is 0 Å². The Bertz CT molecular complexity index is 724. The summed E-state index contributed by atoms with van der Waals surface area (Å²) in [6, 6.07) is 5.11. The first-order valence-corrected chi connectivity index (χ1v) is 9.03. The number of nitro benzene ring substituents is 1. The molecule has 0 bridgehead atoms. The van der Waals surface area contributed by atoms with E-state index in [0.29, 0.717) is 5.92 Å². The number of hydrogen-bond acceptors (Lipinski definition) is 6. The zero-order valence-electron chi connectivity index (χ0n) is 13.6. The van der Waals surface area contributed by atoms with Crippen LogP contribution in [-0.4, -0.2) is 45.4 Å². The molecule has 0 aromatic heterocycles. The highest BCUT2D eigenvalue weighted by atomic mass is 35.5. The number of benzene rings is 1. The molecule has 1 atom stereocenters. The Morgan fingerprint density at radius 2 is 2.00 bits per heavy atom. The number of nitro groups is 1. The predicted molar refractivity (Wildman–Crippen MR) is 94.1 cm³/mol. The highest BCUT2D eigenvalue weighted by Gasteiger charge is 2.28. The van der Waals surface area contributed by atoms with E-state index in [4.69, 9.17) is 0 Å². The Labute approximate surface area is 152 Å². The third kappa shape index (κ3) is 5.36. The molecular formula is C14H21ClN4O5S. The van der Waals surface area contributed by atoms with Crippen molar-refractivity contribution in [1.82, 2.24) is 15.4 Å². The second-order valence-corrected chi connectivity index (χ2v) is 7.36. The zero-order valence-corrected chi connectivity index (χ0v) is 15.2. The quantitative estimate of drug-likeness (QED) is 0.330. The molecule has 1 aromatic carbocycles. The van der Waals surface area contributed by atoms with Crippen molar-refractivity contribution in [3.63, 3.8) is 0 Å². The molecule has 1 aliphatic rings. The predicted octanol–water partition coefficient (Wildman–Crippen LogP) is 0.267. The van der Waals surface area contributed by atoms with Crippen LogP contribution in [0.5, 0.6) is 0 Å². The van der Waals surface area contributed by atoms with Gasteiger partial charge in [0.05, 0.1) is 4.92 Å². The van der Waals surface area contributed by atoms with Crippen LogP contribution in [0.25, 0.3) is 0 Å². The highest BCUT2D eigenvalue weighted by molar-refractivity contribution is 7.89. The van der Waals surface area contributed by atoms with Gasteiger partial charge in [0.2, 0.25) is 15.9 Å². The largest absolute Gasteiger partial charge is 0.355 e. The molecule has 9 nitrogen and oxygen atoms in total. The number of para-hydroxylation sites is 1. The fourth-order valence-electron chi connectivity index (χ4n) is 2.32. The van der Waals surface area contributed by atoms with Crippen molar-refractivity contribution >= 4 is 34.0 Å². The van der Waals surface area contributed by atoms with Crippen LogP contribution in [0.1, 0.15) is 6.92 Å². The summed E-state index contributed by atoms with van der Waals surface area (Å²) in [7, 11) is -4.02. The molecule has 0 radical (unpaired) electrons. The van der Waals surface area contributed by atoms with E-state index in [9.17, 15) is 23.3 Å². The van der Waals surface area contributed by atoms with Gasteiger partial charge in [-0.3, -0.25) is 14.9 Å². The van der Waals surface area contributed by atoms with Crippen LogP contribution < -0.4 is 15.4 Å². The summed E-state index contributed by atoms with van der Waals surface area (Å²) in [4.78, 5) is 21.7. The summed E-state index contributed by atoms with van der Waals surface area (Å²) in [5.74, 6) is 0.0260. The van der Waals surface area contributed by atoms with Crippen molar-refractivity contribution in [3.8, 4) is 0 Å². The first-order chi connectivity index (χ1) is 11.3. The minimum absolute atomic E-state index is 0. The van der Waals surface area contributed by atoms with Gasteiger partial charge in [0.1, 0.15) is 0 Å². The molecule has 0 aliphatic carbocycles. The number of carbonyl (C=O) groups excluding carboxylic acids is 1. The van der Waals surface area contributed by atoms with Crippen molar-refractivity contribution in [2.45, 2.75) is 11.8 Å². The van der Waals surface area contributed by atoms with E-state index < -0.39 is 25.5 Å². The topological polar surface area (TPSA) is 130 Å². The van der Waals surface area contributed by atoms with E-state index in [1.165, 1.54) is 18.2 Å². The number of amides is 1. The van der Waals surface area contributed by atoms with Gasteiger partial charge in [0, 0.05) is 25.1 Å². The number of nitrogens with zero attached hydrogens (tertiary/aromatic N) is 1. The smallest absolute Gasteiger partial charge is 0.289 e. The van der Waals surface area contributed by atoms with Crippen molar-refractivity contribution < 1.29 is 18.1 Å². The van der Waals surface area contributed by atoms with E-state index in [-0.39, 0.29) is 37.3 Å². The molecule has 3 N–H and O–H groups in total. The van der Waals surface area contributed by atoms with Gasteiger partial charge in [-0.25, -0.2) is 13.1 Å². The molecule has 1 saturated heterocycles. The van der Waals surface area contributed by atoms with Gasteiger partial charge in [-0.1, -0.05) is 19.1 Å². The summed E-state index contributed by atoms with van der Waals surface area (Å²) in [5.41, 5.74) is -0.486. The van der Waals surface area contributed by atoms with Gasteiger partial charge in [-0.2, -0.15) is 0 Å². The van der Waals surface area contributed by atoms with Crippen molar-refractivity contribution in [2.24, 2.45) is 11.8 Å². The van der Waals surface area contributed by atoms with Crippen LogP contribution in [-0.2, 0) is 14.8 Å². The Hall–Kier alpha value is -1.75. The Morgan fingerprint density at radius 3 is 2.56 bits per heavy atom. The lowest BCUT2D eigenvalue weighted by Gasteiger charge is -2.31. The average Bonchev–Trinajstić information content (AvgIpc) is 2.49. The Balaban J connectivity index is 0.00000312. The van der Waals surface area contributed by atoms with Gasteiger partial charge in [0.15, 0.2) is 4.90 Å². The van der Waals surface area contributed by atoms with E-state index in [2.05, 4.69) is 15.4 Å². The molecule has 1 aromatic rings. The summed E-state index contributed by atoms with van der Waals surface area (Å²) in [6.07, 6.45) is 0. The highest BCUT2D eigenvalue weighted by Crippen LogP contribution is 2.22. The van der Waals surface area contributed by atoms with Gasteiger partial charge in [-0.05, 0) is 25.1 Å². The monoisotopic (exact) mass is 392 g/mol. The molecule has 1 amide bonds. The number of hydrogen-bond donors (Lipinski definition) is 3. The van der Waals surface area contributed by atoms with Crippen molar-refractivity contribution in [3.05, 3.63) is 34.4 Å². The molecule has 140 valence electrons. The third-order valence-electron chi connectivity index (χ3n) is 4.00. The Morgan fingerprint density at radius 1 is 1.36 bits per heavy atom. The molecule has 1 unspecified atom stereocenters. The van der Waals surface area contributed by atoms with Crippen LogP contribution in [0.3, 0.4) is 0 Å². The molecule has 2 rings (SSSR count). The first kappa shape index (κ1) is 21.3. The summed E-state index contributed by atoms with van der Waals surface area (Å²) in [5, 5.41) is 16.7. The molecule has 0 spiro atoms. The molecule has 0 saturated carbocycles. The fraction of sp³-hybridized carbons (Fsp3) is 0.500. The molecular weight excluding hydrogens is 372 g/mol. The molecule has 1 fully saturated rings. The third-order valence-corrected chi connectivity index (χ3v) is 5.51. The van der Waals surface area contributed by atoms with E-state index >= 15 is 0 Å². The van der Waals surface area contributed by atoms with E-state index in [1.807, 2.05) is 6.92 Å². The summed E-state index contributed by atoms with van der Waals surface area (Å²) >= 11 is 0. The number of sulfonamides is 1. The van der Waals surface area contributed by atoms with Crippen LogP contribution in [0, 0.1) is 22.0 Å². The lowest BCUT2D eigenvalue weighted by atomic mass is 9.88. The normalized spacial score (nSPS) is 15.6. The number of nitrogens with one attached hydrogen (secondary N) is 3. The van der Waals surface area contributed by atoms with Gasteiger partial charge in [-0.15, -0.1) is 12.4 Å². The van der Waals surface area contributed by atoms with Crippen LogP contribution >= 0.6 is 12.4 Å². The zero-order chi connectivity index (χ0) is 17.7. The van der Waals surface area contributed by atoms with Crippen LogP contribution in [0.2, 0.25) is 0 Å². The minimum atomic E-state index is -4.02. The first-order valence-electron chi connectivity index (χ1n) is 7.54. The van der Waals surface area contributed by atoms with Crippen LogP contribution in [0.4, 0.5) is 5.69 Å². The SMILES string of the molecule is CC(C(=O)NCCNS(=O)(=O)c1ccccc1[N+](=O)[O-])C1CNC1.Cl. The van der Waals surface area contributed by atoms with Crippen LogP contribution in [0.15, 0.2) is 29.2 Å². The lowest BCUT2D eigenvalue weighted by Crippen LogP contribution is -2.50. The number of halogens is 1. The maximum absolute atomic E-state index is 12.2. The summed E-state index contributed by atoms with van der Waals surface area (Å²) in [6.45, 7) is 3.51. The molecule has 25 heavy (non-hydrogen) atoms. The molecule has 1 aliphatic heterocycles. The second kappa shape index (κ2) is 9.09. The van der Waals surface area contributed by atoms with E-state index in [0.717, 1.165) is 19.2 Å². The second-order valence-electron chi connectivity index (χ2n) is 5.62. The minimum Gasteiger partial charge on any atom is -0.355 e. The van der Waals surface area contributed by atoms with Gasteiger partial charge in [0.25, 0.3) is 5.69 Å². The lowest BCUT2D eigenvalue weighted by molar-refractivity contribution is -0.387. The maximum atomic E-state index is 12.2. The summed E-state index contributed by atoms with van der Waals surface area (Å²) < 4.78 is 26.6. The van der Waals surface area contributed by atoms with Gasteiger partial charge >= 0.3 is 0 Å². The number of carbonyl (C=O) groups is 1. The fourth-order valence-corrected chi connectivity index (χ4v) is 3.53. The van der Waals surface area contributed by atoms with Gasteiger partial charge < -0.3 is 10.6 Å². The maximum Gasteiger partial charge on any atom is 0.289 e. The standard InChI is InChI=1S/C14H20N4O5S.ClH/c1-10(11-8-15-9-11)14(19)16-6-7-17-24(22,23)13-5-3-2-4-12(13)18(20)21;/h2-5,10-11,15,17H,6-9H2,1H3,(H,16,19);1H. The average molecular weight is 393 g/mol. The molecule has 1 heterocycles. The van der Waals surface area contributed by atoms with Crippen molar-refractivity contribution in [1.29, 1.82) is 0 Å². The molecule has 11 heteroatoms. The number of rotatable bonds is 8. The Kier molecular flexibility index (Phi) is 7.74. The van der Waals surface area contributed by atoms with Crippen molar-refractivity contribution in [2.75, 3.05) is 26.2 Å².